The second-order valence-corrected chi connectivity index (χ2v) is 4.93. The van der Waals surface area contributed by atoms with Crippen LogP contribution in [0.3, 0.4) is 0 Å². The summed E-state index contributed by atoms with van der Waals surface area (Å²) < 4.78 is 37.5. The molecule has 18 heavy (non-hydrogen) atoms. The Balaban J connectivity index is 2.51. The zero-order valence-corrected chi connectivity index (χ0v) is 10.6. The summed E-state index contributed by atoms with van der Waals surface area (Å²) in [6.07, 6.45) is -2.71. The van der Waals surface area contributed by atoms with Gasteiger partial charge in [0.05, 0.1) is 0 Å². The summed E-state index contributed by atoms with van der Waals surface area (Å²) in [7, 11) is 3.47. The normalized spacial score (nSPS) is 23.6. The first-order valence-corrected chi connectivity index (χ1v) is 5.90. The smallest absolute Gasteiger partial charge is 0.403 e. The number of likely N-dealkylation sites (N-methyl/N-ethyl adjacent to an activating group) is 2. The molecule has 0 saturated carbocycles. The third kappa shape index (κ3) is 4.13. The maximum Gasteiger partial charge on any atom is 0.403 e. The standard InChI is InChI=1S/C11H19F3N2O2/c1-15(6-8-4-3-5-16(8)2)7-9(10(17)18)11(12,13)14/h8-9H,3-7H2,1-2H3,(H,17,18). The van der Waals surface area contributed by atoms with Crippen molar-refractivity contribution in [2.75, 3.05) is 33.7 Å². The third-order valence-electron chi connectivity index (χ3n) is 3.38. The number of aliphatic carboxylic acids is 1. The molecule has 1 aliphatic heterocycles. The minimum absolute atomic E-state index is 0.220. The minimum Gasteiger partial charge on any atom is -0.481 e. The molecule has 0 aromatic carbocycles. The van der Waals surface area contributed by atoms with E-state index in [1.165, 1.54) is 11.9 Å². The van der Waals surface area contributed by atoms with Crippen molar-refractivity contribution in [1.82, 2.24) is 9.80 Å². The average molecular weight is 268 g/mol. The molecule has 0 amide bonds. The topological polar surface area (TPSA) is 43.8 Å². The molecule has 2 unspecified atom stereocenters. The highest BCUT2D eigenvalue weighted by Crippen LogP contribution is 2.27. The van der Waals surface area contributed by atoms with Crippen LogP contribution in [0.5, 0.6) is 0 Å². The van der Waals surface area contributed by atoms with Crippen LogP contribution >= 0.6 is 0 Å². The zero-order valence-electron chi connectivity index (χ0n) is 10.6. The largest absolute Gasteiger partial charge is 0.481 e. The van der Waals surface area contributed by atoms with Crippen LogP contribution in [0.15, 0.2) is 0 Å². The molecule has 0 radical (unpaired) electrons. The van der Waals surface area contributed by atoms with E-state index in [2.05, 4.69) is 4.90 Å². The van der Waals surface area contributed by atoms with Gasteiger partial charge in [-0.05, 0) is 33.5 Å². The maximum absolute atomic E-state index is 12.5. The minimum atomic E-state index is -4.69. The summed E-state index contributed by atoms with van der Waals surface area (Å²) in [5.74, 6) is -4.12. The first-order chi connectivity index (χ1) is 8.21. The van der Waals surface area contributed by atoms with Crippen LogP contribution in [0.1, 0.15) is 12.8 Å². The lowest BCUT2D eigenvalue weighted by Gasteiger charge is -2.28. The number of carboxylic acid groups (broad SMARTS) is 1. The summed E-state index contributed by atoms with van der Waals surface area (Å²) in [4.78, 5) is 14.2. The van der Waals surface area contributed by atoms with Gasteiger partial charge < -0.3 is 14.9 Å². The first-order valence-electron chi connectivity index (χ1n) is 5.90. The maximum atomic E-state index is 12.5. The van der Waals surface area contributed by atoms with Crippen molar-refractivity contribution < 1.29 is 23.1 Å². The molecular weight excluding hydrogens is 249 g/mol. The van der Waals surface area contributed by atoms with Crippen LogP contribution in [0, 0.1) is 5.92 Å². The van der Waals surface area contributed by atoms with Gasteiger partial charge in [-0.1, -0.05) is 0 Å². The summed E-state index contributed by atoms with van der Waals surface area (Å²) in [6.45, 7) is 0.916. The Bertz CT molecular complexity index is 297. The number of carbonyl (C=O) groups is 1. The highest BCUT2D eigenvalue weighted by atomic mass is 19.4. The molecule has 0 spiro atoms. The van der Waals surface area contributed by atoms with Gasteiger partial charge in [-0.25, -0.2) is 0 Å². The van der Waals surface area contributed by atoms with Crippen molar-refractivity contribution >= 4 is 5.97 Å². The Hall–Kier alpha value is -0.820. The van der Waals surface area contributed by atoms with Gasteiger partial charge in [0, 0.05) is 19.1 Å². The molecule has 1 heterocycles. The second kappa shape index (κ2) is 5.88. The summed E-state index contributed by atoms with van der Waals surface area (Å²) >= 11 is 0. The molecule has 106 valence electrons. The van der Waals surface area contributed by atoms with E-state index in [-0.39, 0.29) is 6.04 Å². The quantitative estimate of drug-likeness (QED) is 0.815. The van der Waals surface area contributed by atoms with Crippen LogP contribution in [0.25, 0.3) is 0 Å². The molecule has 0 aliphatic carbocycles. The van der Waals surface area contributed by atoms with Gasteiger partial charge >= 0.3 is 12.1 Å². The molecule has 1 aliphatic rings. The Morgan fingerprint density at radius 3 is 2.56 bits per heavy atom. The monoisotopic (exact) mass is 268 g/mol. The third-order valence-corrected chi connectivity index (χ3v) is 3.38. The number of nitrogens with zero attached hydrogens (tertiary/aromatic N) is 2. The van der Waals surface area contributed by atoms with Crippen molar-refractivity contribution in [3.63, 3.8) is 0 Å². The van der Waals surface area contributed by atoms with E-state index in [0.29, 0.717) is 6.54 Å². The fourth-order valence-electron chi connectivity index (χ4n) is 2.28. The molecular formula is C11H19F3N2O2. The van der Waals surface area contributed by atoms with Gasteiger partial charge in [0.1, 0.15) is 0 Å². The van der Waals surface area contributed by atoms with Gasteiger partial charge in [0.2, 0.25) is 0 Å². The lowest BCUT2D eigenvalue weighted by Crippen LogP contribution is -2.44. The molecule has 7 heteroatoms. The summed E-state index contributed by atoms with van der Waals surface area (Å²) in [5, 5.41) is 8.61. The molecule has 2 atom stereocenters. The van der Waals surface area contributed by atoms with Gasteiger partial charge in [0.25, 0.3) is 0 Å². The number of carboxylic acids is 1. The average Bonchev–Trinajstić information content (AvgIpc) is 2.59. The SMILES string of the molecule is CN(CC1CCCN1C)CC(C(=O)O)C(F)(F)F. The number of hydrogen-bond acceptors (Lipinski definition) is 3. The number of hydrogen-bond donors (Lipinski definition) is 1. The first kappa shape index (κ1) is 15.2. The van der Waals surface area contributed by atoms with Crippen molar-refractivity contribution in [3.8, 4) is 0 Å². The lowest BCUT2D eigenvalue weighted by atomic mass is 10.1. The lowest BCUT2D eigenvalue weighted by molar-refractivity contribution is -0.196. The Labute approximate surface area is 104 Å². The summed E-state index contributed by atoms with van der Waals surface area (Å²) in [6, 6.07) is 0.220. The highest BCUT2D eigenvalue weighted by molar-refractivity contribution is 5.71. The van der Waals surface area contributed by atoms with E-state index in [1.807, 2.05) is 7.05 Å². The van der Waals surface area contributed by atoms with E-state index in [0.717, 1.165) is 19.4 Å². The number of alkyl halides is 3. The van der Waals surface area contributed by atoms with Crippen molar-refractivity contribution in [2.24, 2.45) is 5.92 Å². The molecule has 1 rings (SSSR count). The van der Waals surface area contributed by atoms with Crippen molar-refractivity contribution in [3.05, 3.63) is 0 Å². The van der Waals surface area contributed by atoms with Crippen LogP contribution in [0.4, 0.5) is 13.2 Å². The van der Waals surface area contributed by atoms with Gasteiger partial charge in [-0.15, -0.1) is 0 Å². The predicted molar refractivity (Wildman–Crippen MR) is 60.3 cm³/mol. The fraction of sp³-hybridized carbons (Fsp3) is 0.909. The van der Waals surface area contributed by atoms with Gasteiger partial charge in [0.15, 0.2) is 5.92 Å². The molecule has 0 bridgehead atoms. The predicted octanol–water partition coefficient (Wildman–Crippen LogP) is 1.28. The van der Waals surface area contributed by atoms with Gasteiger partial charge in [-0.2, -0.15) is 13.2 Å². The van der Waals surface area contributed by atoms with Crippen LogP contribution in [0.2, 0.25) is 0 Å². The van der Waals surface area contributed by atoms with Crippen LogP contribution < -0.4 is 0 Å². The van der Waals surface area contributed by atoms with E-state index >= 15 is 0 Å². The van der Waals surface area contributed by atoms with E-state index in [9.17, 15) is 18.0 Å². The molecule has 1 N–H and O–H groups in total. The fourth-order valence-corrected chi connectivity index (χ4v) is 2.28. The molecule has 0 aromatic rings. The molecule has 4 nitrogen and oxygen atoms in total. The number of rotatable bonds is 5. The second-order valence-electron chi connectivity index (χ2n) is 4.93. The van der Waals surface area contributed by atoms with Crippen molar-refractivity contribution in [2.45, 2.75) is 25.1 Å². The zero-order chi connectivity index (χ0) is 13.9. The molecule has 1 saturated heterocycles. The summed E-state index contributed by atoms with van der Waals surface area (Å²) in [5.41, 5.74) is 0. The Morgan fingerprint density at radius 2 is 2.17 bits per heavy atom. The molecule has 1 fully saturated rings. The van der Waals surface area contributed by atoms with E-state index in [4.69, 9.17) is 5.11 Å². The van der Waals surface area contributed by atoms with Crippen LogP contribution in [-0.4, -0.2) is 66.8 Å². The van der Waals surface area contributed by atoms with Crippen molar-refractivity contribution in [1.29, 1.82) is 0 Å². The Kier molecular flexibility index (Phi) is 4.98. The van der Waals surface area contributed by atoms with E-state index < -0.39 is 24.6 Å². The number of halogens is 3. The highest BCUT2D eigenvalue weighted by Gasteiger charge is 2.45. The molecule has 0 aromatic heterocycles. The van der Waals surface area contributed by atoms with E-state index in [1.54, 1.807) is 0 Å². The van der Waals surface area contributed by atoms with Crippen LogP contribution in [-0.2, 0) is 4.79 Å². The number of likely N-dealkylation sites (tertiary alicyclic amines) is 1. The van der Waals surface area contributed by atoms with Gasteiger partial charge in [-0.3, -0.25) is 4.79 Å². The Morgan fingerprint density at radius 1 is 1.56 bits per heavy atom.